The van der Waals surface area contributed by atoms with Gasteiger partial charge < -0.3 is 24.8 Å². The second-order valence-corrected chi connectivity index (χ2v) is 8.04. The van der Waals surface area contributed by atoms with E-state index in [9.17, 15) is 9.90 Å². The van der Waals surface area contributed by atoms with Crippen molar-refractivity contribution in [2.24, 2.45) is 5.41 Å². The predicted octanol–water partition coefficient (Wildman–Crippen LogP) is 2.01. The highest BCUT2D eigenvalue weighted by Crippen LogP contribution is 2.17. The third-order valence-electron chi connectivity index (χ3n) is 3.76. The first-order chi connectivity index (χ1) is 10.6. The normalized spacial score (nSPS) is 17.4. The van der Waals surface area contributed by atoms with Crippen LogP contribution < -0.4 is 5.32 Å². The number of amides is 1. The molecule has 0 atom stereocenters. The summed E-state index contributed by atoms with van der Waals surface area (Å²) in [6.45, 7) is 13.4. The van der Waals surface area contributed by atoms with Crippen molar-refractivity contribution in [3.8, 4) is 0 Å². The molecule has 1 fully saturated rings. The van der Waals surface area contributed by atoms with Gasteiger partial charge in [0.2, 0.25) is 0 Å². The van der Waals surface area contributed by atoms with Crippen molar-refractivity contribution in [3.63, 3.8) is 0 Å². The molecule has 0 saturated carbocycles. The number of likely N-dealkylation sites (tertiary alicyclic amines) is 1. The highest BCUT2D eigenvalue weighted by Gasteiger charge is 2.27. The van der Waals surface area contributed by atoms with E-state index in [1.807, 2.05) is 34.6 Å². The molecule has 0 radical (unpaired) electrons. The van der Waals surface area contributed by atoms with Crippen LogP contribution in [0.4, 0.5) is 4.79 Å². The van der Waals surface area contributed by atoms with Crippen molar-refractivity contribution in [2.75, 3.05) is 39.4 Å². The fourth-order valence-corrected chi connectivity index (χ4v) is 2.31. The number of aliphatic hydroxyl groups excluding tert-OH is 1. The number of piperidine rings is 1. The molecule has 0 aromatic carbocycles. The number of ether oxygens (including phenoxy) is 2. The Morgan fingerprint density at radius 3 is 2.35 bits per heavy atom. The molecule has 2 N–H and O–H groups in total. The van der Waals surface area contributed by atoms with Gasteiger partial charge >= 0.3 is 6.09 Å². The fourth-order valence-electron chi connectivity index (χ4n) is 2.31. The number of carbonyl (C=O) groups excluding carboxylic acids is 1. The Bertz CT molecular complexity index is 358. The lowest BCUT2D eigenvalue weighted by molar-refractivity contribution is -0.0108. The summed E-state index contributed by atoms with van der Waals surface area (Å²) in [5.41, 5.74) is -0.544. The molecule has 0 bridgehead atoms. The predicted molar refractivity (Wildman–Crippen MR) is 90.5 cm³/mol. The first-order valence-corrected chi connectivity index (χ1v) is 8.54. The molecule has 0 aromatic rings. The minimum Gasteiger partial charge on any atom is -0.444 e. The van der Waals surface area contributed by atoms with Gasteiger partial charge in [0.05, 0.1) is 12.7 Å². The van der Waals surface area contributed by atoms with Gasteiger partial charge in [-0.2, -0.15) is 0 Å². The second kappa shape index (κ2) is 8.85. The summed E-state index contributed by atoms with van der Waals surface area (Å²) in [7, 11) is 0. The van der Waals surface area contributed by atoms with Crippen LogP contribution in [-0.4, -0.2) is 67.2 Å². The van der Waals surface area contributed by atoms with Crippen LogP contribution in [0.25, 0.3) is 0 Å². The second-order valence-electron chi connectivity index (χ2n) is 8.04. The molecule has 1 rings (SSSR count). The van der Waals surface area contributed by atoms with Gasteiger partial charge in [0.1, 0.15) is 5.60 Å². The first-order valence-electron chi connectivity index (χ1n) is 8.54. The summed E-state index contributed by atoms with van der Waals surface area (Å²) >= 11 is 0. The van der Waals surface area contributed by atoms with Crippen LogP contribution in [0.3, 0.4) is 0 Å². The summed E-state index contributed by atoms with van der Waals surface area (Å²) in [5.74, 6) is 0. The van der Waals surface area contributed by atoms with Gasteiger partial charge in [-0.1, -0.05) is 13.8 Å². The minimum atomic E-state index is -0.446. The van der Waals surface area contributed by atoms with Gasteiger partial charge in [-0.05, 0) is 33.6 Å². The molecular formula is C17H34N2O4. The van der Waals surface area contributed by atoms with Crippen LogP contribution in [0.5, 0.6) is 0 Å². The summed E-state index contributed by atoms with van der Waals surface area (Å²) in [4.78, 5) is 13.7. The lowest BCUT2D eigenvalue weighted by atomic mass is 9.95. The van der Waals surface area contributed by atoms with Gasteiger partial charge in [0.15, 0.2) is 0 Å². The van der Waals surface area contributed by atoms with Crippen LogP contribution in [0.1, 0.15) is 47.5 Å². The van der Waals surface area contributed by atoms with Crippen molar-refractivity contribution in [2.45, 2.75) is 59.2 Å². The zero-order chi connectivity index (χ0) is 17.5. The van der Waals surface area contributed by atoms with E-state index >= 15 is 0 Å². The Labute approximate surface area is 140 Å². The maximum atomic E-state index is 12.0. The van der Waals surface area contributed by atoms with Crippen LogP contribution in [-0.2, 0) is 9.47 Å². The minimum absolute atomic E-state index is 0.0985. The van der Waals surface area contributed by atoms with Gasteiger partial charge in [0, 0.05) is 38.2 Å². The van der Waals surface area contributed by atoms with E-state index in [0.717, 1.165) is 25.9 Å². The average Bonchev–Trinajstić information content (AvgIpc) is 2.45. The molecule has 1 aliphatic heterocycles. The monoisotopic (exact) mass is 330 g/mol. The van der Waals surface area contributed by atoms with E-state index in [4.69, 9.17) is 9.47 Å². The summed E-state index contributed by atoms with van der Waals surface area (Å²) < 4.78 is 11.2. The summed E-state index contributed by atoms with van der Waals surface area (Å²) in [6, 6.07) is 0. The number of nitrogens with zero attached hydrogens (tertiary/aromatic N) is 1. The Morgan fingerprint density at radius 2 is 1.83 bits per heavy atom. The first kappa shape index (κ1) is 20.2. The van der Waals surface area contributed by atoms with Crippen LogP contribution in [0.2, 0.25) is 0 Å². The summed E-state index contributed by atoms with van der Waals surface area (Å²) in [6.07, 6.45) is 1.67. The maximum Gasteiger partial charge on any atom is 0.410 e. The lowest BCUT2D eigenvalue weighted by Crippen LogP contribution is -2.43. The van der Waals surface area contributed by atoms with Crippen molar-refractivity contribution in [1.29, 1.82) is 0 Å². The lowest BCUT2D eigenvalue weighted by Gasteiger charge is -2.33. The van der Waals surface area contributed by atoms with E-state index in [-0.39, 0.29) is 24.2 Å². The molecule has 1 saturated heterocycles. The van der Waals surface area contributed by atoms with Crippen LogP contribution in [0, 0.1) is 5.41 Å². The smallest absolute Gasteiger partial charge is 0.410 e. The van der Waals surface area contributed by atoms with E-state index in [1.165, 1.54) is 0 Å². The molecule has 0 unspecified atom stereocenters. The zero-order valence-electron chi connectivity index (χ0n) is 15.4. The zero-order valence-corrected chi connectivity index (χ0v) is 15.4. The van der Waals surface area contributed by atoms with E-state index < -0.39 is 5.60 Å². The Morgan fingerprint density at radius 1 is 1.22 bits per heavy atom. The third kappa shape index (κ3) is 8.53. The standard InChI is InChI=1S/C17H34N2O4/c1-16(2,3)23-15(21)19-9-6-14(7-10-19)22-11-8-18-12-17(4,5)13-20/h14,18,20H,6-13H2,1-5H3. The maximum absolute atomic E-state index is 12.0. The Balaban J connectivity index is 2.14. The molecular weight excluding hydrogens is 296 g/mol. The number of aliphatic hydroxyl groups is 1. The average molecular weight is 330 g/mol. The molecule has 1 amide bonds. The van der Waals surface area contributed by atoms with Crippen molar-refractivity contribution in [1.82, 2.24) is 10.2 Å². The van der Waals surface area contributed by atoms with Gasteiger partial charge in [0.25, 0.3) is 0 Å². The SMILES string of the molecule is CC(C)(CO)CNCCOC1CCN(C(=O)OC(C)(C)C)CC1. The van der Waals surface area contributed by atoms with E-state index in [0.29, 0.717) is 19.7 Å². The topological polar surface area (TPSA) is 71.0 Å². The molecule has 0 spiro atoms. The molecule has 23 heavy (non-hydrogen) atoms. The molecule has 1 heterocycles. The van der Waals surface area contributed by atoms with Crippen molar-refractivity contribution >= 4 is 6.09 Å². The number of rotatable bonds is 7. The fraction of sp³-hybridized carbons (Fsp3) is 0.941. The van der Waals surface area contributed by atoms with E-state index in [2.05, 4.69) is 5.32 Å². The quantitative estimate of drug-likeness (QED) is 0.699. The number of hydrogen-bond donors (Lipinski definition) is 2. The molecule has 0 aliphatic carbocycles. The highest BCUT2D eigenvalue weighted by molar-refractivity contribution is 5.68. The van der Waals surface area contributed by atoms with Gasteiger partial charge in [-0.15, -0.1) is 0 Å². The number of carbonyl (C=O) groups is 1. The molecule has 6 heteroatoms. The number of hydrogen-bond acceptors (Lipinski definition) is 5. The van der Waals surface area contributed by atoms with E-state index in [1.54, 1.807) is 4.90 Å². The van der Waals surface area contributed by atoms with Crippen molar-refractivity contribution in [3.05, 3.63) is 0 Å². The Kier molecular flexibility index (Phi) is 7.77. The Hall–Kier alpha value is -0.850. The van der Waals surface area contributed by atoms with Crippen molar-refractivity contribution < 1.29 is 19.4 Å². The number of nitrogens with one attached hydrogen (secondary N) is 1. The molecule has 136 valence electrons. The van der Waals surface area contributed by atoms with Crippen LogP contribution in [0.15, 0.2) is 0 Å². The molecule has 0 aromatic heterocycles. The summed E-state index contributed by atoms with van der Waals surface area (Å²) in [5, 5.41) is 12.5. The van der Waals surface area contributed by atoms with Gasteiger partial charge in [-0.25, -0.2) is 4.79 Å². The highest BCUT2D eigenvalue weighted by atomic mass is 16.6. The molecule has 1 aliphatic rings. The third-order valence-corrected chi connectivity index (χ3v) is 3.76. The largest absolute Gasteiger partial charge is 0.444 e. The van der Waals surface area contributed by atoms with Crippen LogP contribution >= 0.6 is 0 Å². The molecule has 6 nitrogen and oxygen atoms in total. The van der Waals surface area contributed by atoms with Gasteiger partial charge in [-0.3, -0.25) is 0 Å².